The maximum absolute atomic E-state index is 11.9. The van der Waals surface area contributed by atoms with E-state index >= 15 is 0 Å². The Morgan fingerprint density at radius 2 is 1.67 bits per heavy atom. The monoisotopic (exact) mass is 385 g/mol. The van der Waals surface area contributed by atoms with Gasteiger partial charge in [0.1, 0.15) is 18.7 Å². The van der Waals surface area contributed by atoms with Gasteiger partial charge in [-0.15, -0.1) is 0 Å². The van der Waals surface area contributed by atoms with Gasteiger partial charge >= 0.3 is 12.1 Å². The Kier molecular flexibility index (Phi) is 10.8. The third-order valence-electron chi connectivity index (χ3n) is 3.26. The molecule has 0 fully saturated rings. The molecule has 0 aromatic carbocycles. The molecule has 0 spiro atoms. The summed E-state index contributed by atoms with van der Waals surface area (Å²) in [5, 5.41) is 7.57. The van der Waals surface area contributed by atoms with E-state index in [0.29, 0.717) is 6.42 Å². The minimum Gasteiger partial charge on any atom is -0.468 e. The average molecular weight is 385 g/mol. The fraction of sp³-hybridized carbons (Fsp3) is 0.667. The van der Waals surface area contributed by atoms with Crippen LogP contribution in [0.3, 0.4) is 0 Å². The third kappa shape index (κ3) is 12.4. The first kappa shape index (κ1) is 24.4. The highest BCUT2D eigenvalue weighted by Gasteiger charge is 2.17. The van der Waals surface area contributed by atoms with Crippen molar-refractivity contribution in [2.45, 2.75) is 52.7 Å². The summed E-state index contributed by atoms with van der Waals surface area (Å²) in [4.78, 5) is 46.3. The molecule has 0 aromatic rings. The molecule has 0 heterocycles. The van der Waals surface area contributed by atoms with Gasteiger partial charge in [0.15, 0.2) is 0 Å². The molecule has 27 heavy (non-hydrogen) atoms. The maximum atomic E-state index is 11.9. The number of ether oxygens (including phenoxy) is 2. The van der Waals surface area contributed by atoms with Crippen LogP contribution in [0.2, 0.25) is 0 Å². The van der Waals surface area contributed by atoms with Gasteiger partial charge in [0, 0.05) is 6.04 Å². The number of methoxy groups -OCH3 is 1. The van der Waals surface area contributed by atoms with Crippen LogP contribution in [0.5, 0.6) is 0 Å². The number of hydrogen-bond acceptors (Lipinski definition) is 6. The summed E-state index contributed by atoms with van der Waals surface area (Å²) in [6.07, 6.45) is 3.28. The largest absolute Gasteiger partial charge is 0.468 e. The van der Waals surface area contributed by atoms with E-state index in [-0.39, 0.29) is 30.9 Å². The van der Waals surface area contributed by atoms with Crippen LogP contribution >= 0.6 is 0 Å². The molecule has 154 valence electrons. The quantitative estimate of drug-likeness (QED) is 0.400. The number of nitrogens with one attached hydrogen (secondary N) is 3. The van der Waals surface area contributed by atoms with Crippen LogP contribution in [0, 0.1) is 5.92 Å². The number of carbonyl (C=O) groups excluding carboxylic acids is 4. The van der Waals surface area contributed by atoms with Gasteiger partial charge in [-0.3, -0.25) is 14.4 Å². The Bertz CT molecular complexity index is 554. The van der Waals surface area contributed by atoms with Crippen LogP contribution in [-0.4, -0.2) is 55.7 Å². The zero-order valence-electron chi connectivity index (χ0n) is 16.9. The van der Waals surface area contributed by atoms with Crippen molar-refractivity contribution in [3.05, 3.63) is 12.2 Å². The maximum Gasteiger partial charge on any atom is 0.408 e. The van der Waals surface area contributed by atoms with Crippen LogP contribution in [0.15, 0.2) is 12.2 Å². The molecule has 9 heteroatoms. The van der Waals surface area contributed by atoms with Gasteiger partial charge in [0.25, 0.3) is 0 Å². The average Bonchev–Trinajstić information content (AvgIpc) is 2.59. The Balaban J connectivity index is 4.40. The van der Waals surface area contributed by atoms with Crippen molar-refractivity contribution in [2.75, 3.05) is 20.2 Å². The van der Waals surface area contributed by atoms with Crippen molar-refractivity contribution in [3.8, 4) is 0 Å². The van der Waals surface area contributed by atoms with Crippen molar-refractivity contribution in [3.63, 3.8) is 0 Å². The van der Waals surface area contributed by atoms with Crippen LogP contribution in [0.4, 0.5) is 4.79 Å². The highest BCUT2D eigenvalue weighted by molar-refractivity contribution is 5.84. The molecule has 0 aliphatic carbocycles. The zero-order chi connectivity index (χ0) is 21.0. The first-order chi connectivity index (χ1) is 12.5. The molecule has 9 nitrogen and oxygen atoms in total. The Labute approximate surface area is 160 Å². The van der Waals surface area contributed by atoms with E-state index in [9.17, 15) is 19.2 Å². The molecule has 0 rings (SSSR count). The minimum atomic E-state index is -0.669. The Morgan fingerprint density at radius 3 is 2.19 bits per heavy atom. The SMILES string of the molecule is CC[C@@H](/C=C/[C@@H](C)C(=O)NCC(=O)OC)NC(=O)CNC(=O)OC(C)(C)C. The van der Waals surface area contributed by atoms with Crippen molar-refractivity contribution >= 4 is 23.9 Å². The Morgan fingerprint density at radius 1 is 1.04 bits per heavy atom. The van der Waals surface area contributed by atoms with E-state index in [1.165, 1.54) is 7.11 Å². The number of rotatable bonds is 9. The van der Waals surface area contributed by atoms with Crippen LogP contribution in [-0.2, 0) is 23.9 Å². The second-order valence-corrected chi connectivity index (χ2v) is 6.91. The molecule has 0 saturated heterocycles. The number of hydrogen-bond donors (Lipinski definition) is 3. The highest BCUT2D eigenvalue weighted by Crippen LogP contribution is 2.06. The molecule has 3 N–H and O–H groups in total. The smallest absolute Gasteiger partial charge is 0.408 e. The summed E-state index contributed by atoms with van der Waals surface area (Å²) in [5.74, 6) is -1.72. The lowest BCUT2D eigenvalue weighted by atomic mass is 10.1. The molecule has 0 aliphatic heterocycles. The van der Waals surface area contributed by atoms with Crippen LogP contribution in [0.25, 0.3) is 0 Å². The molecule has 0 radical (unpaired) electrons. The number of alkyl carbamates (subject to hydrolysis) is 1. The van der Waals surface area contributed by atoms with E-state index in [1.807, 2.05) is 6.92 Å². The summed E-state index contributed by atoms with van der Waals surface area (Å²) in [6.45, 7) is 8.32. The normalized spacial score (nSPS) is 13.4. The summed E-state index contributed by atoms with van der Waals surface area (Å²) >= 11 is 0. The Hall–Kier alpha value is -2.58. The fourth-order valence-corrected chi connectivity index (χ4v) is 1.79. The molecule has 0 saturated carbocycles. The first-order valence-electron chi connectivity index (χ1n) is 8.77. The van der Waals surface area contributed by atoms with Gasteiger partial charge in [-0.25, -0.2) is 4.79 Å². The van der Waals surface area contributed by atoms with E-state index in [2.05, 4.69) is 20.7 Å². The predicted octanol–water partition coefficient (Wildman–Crippen LogP) is 0.887. The van der Waals surface area contributed by atoms with Gasteiger partial charge in [-0.2, -0.15) is 0 Å². The van der Waals surface area contributed by atoms with Crippen LogP contribution in [0.1, 0.15) is 41.0 Å². The highest BCUT2D eigenvalue weighted by atomic mass is 16.6. The number of carbonyl (C=O) groups is 4. The third-order valence-corrected chi connectivity index (χ3v) is 3.26. The van der Waals surface area contributed by atoms with E-state index in [4.69, 9.17) is 4.74 Å². The summed E-state index contributed by atoms with van der Waals surface area (Å²) in [7, 11) is 1.24. The van der Waals surface area contributed by atoms with Crippen molar-refractivity contribution in [2.24, 2.45) is 5.92 Å². The molecule has 3 amide bonds. The standard InChI is InChI=1S/C18H31N3O6/c1-7-13(9-8-12(2)16(24)19-11-15(23)26-6)21-14(22)10-20-17(25)27-18(3,4)5/h8-9,12-13H,7,10-11H2,1-6H3,(H,19,24)(H,20,25)(H,21,22)/b9-8+/t12-,13+/m1/s1. The van der Waals surface area contributed by atoms with Gasteiger partial charge in [-0.05, 0) is 27.2 Å². The van der Waals surface area contributed by atoms with E-state index in [0.717, 1.165) is 0 Å². The van der Waals surface area contributed by atoms with Crippen molar-refractivity contribution < 1.29 is 28.7 Å². The molecule has 2 atom stereocenters. The van der Waals surface area contributed by atoms with E-state index < -0.39 is 23.6 Å². The number of esters is 1. The minimum absolute atomic E-state index is 0.197. The van der Waals surface area contributed by atoms with Gasteiger partial charge in [-0.1, -0.05) is 26.0 Å². The van der Waals surface area contributed by atoms with Gasteiger partial charge < -0.3 is 25.4 Å². The lowest BCUT2D eigenvalue weighted by Crippen LogP contribution is -2.42. The topological polar surface area (TPSA) is 123 Å². The summed E-state index contributed by atoms with van der Waals surface area (Å²) in [5.41, 5.74) is -0.639. The van der Waals surface area contributed by atoms with Crippen molar-refractivity contribution in [1.29, 1.82) is 0 Å². The summed E-state index contributed by atoms with van der Waals surface area (Å²) < 4.78 is 9.50. The molecule has 0 unspecified atom stereocenters. The first-order valence-corrected chi connectivity index (χ1v) is 8.77. The van der Waals surface area contributed by atoms with Gasteiger partial charge in [0.2, 0.25) is 11.8 Å². The molecule has 0 aliphatic rings. The molecular weight excluding hydrogens is 354 g/mol. The second kappa shape index (κ2) is 11.9. The predicted molar refractivity (Wildman–Crippen MR) is 99.8 cm³/mol. The molecule has 0 bridgehead atoms. The molecule has 0 aromatic heterocycles. The lowest BCUT2D eigenvalue weighted by molar-refractivity contribution is -0.141. The van der Waals surface area contributed by atoms with Crippen molar-refractivity contribution in [1.82, 2.24) is 16.0 Å². The van der Waals surface area contributed by atoms with Crippen LogP contribution < -0.4 is 16.0 Å². The second-order valence-electron chi connectivity index (χ2n) is 6.91. The summed E-state index contributed by atoms with van der Waals surface area (Å²) in [6, 6.07) is -0.297. The lowest BCUT2D eigenvalue weighted by Gasteiger charge is -2.20. The molecular formula is C18H31N3O6. The number of amides is 3. The fourth-order valence-electron chi connectivity index (χ4n) is 1.79. The van der Waals surface area contributed by atoms with Gasteiger partial charge in [0.05, 0.1) is 13.0 Å². The van der Waals surface area contributed by atoms with E-state index in [1.54, 1.807) is 39.8 Å². The zero-order valence-corrected chi connectivity index (χ0v) is 16.9.